The summed E-state index contributed by atoms with van der Waals surface area (Å²) in [5.41, 5.74) is 2.47. The molecular formula is C22H32N4O2. The minimum absolute atomic E-state index is 0.153. The molecule has 0 aliphatic carbocycles. The Morgan fingerprint density at radius 3 is 2.64 bits per heavy atom. The van der Waals surface area contributed by atoms with Gasteiger partial charge in [0.05, 0.1) is 25.8 Å². The molecule has 152 valence electrons. The van der Waals surface area contributed by atoms with Crippen molar-refractivity contribution < 1.29 is 9.15 Å². The van der Waals surface area contributed by atoms with E-state index in [1.54, 1.807) is 0 Å². The monoisotopic (exact) mass is 384 g/mol. The molecule has 6 nitrogen and oxygen atoms in total. The van der Waals surface area contributed by atoms with Crippen LogP contribution in [0, 0.1) is 13.8 Å². The Kier molecular flexibility index (Phi) is 7.51. The summed E-state index contributed by atoms with van der Waals surface area (Å²) in [5.74, 6) is 2.75. The molecule has 28 heavy (non-hydrogen) atoms. The number of aryl methyl sites for hydroxylation is 2. The number of morpholine rings is 1. The van der Waals surface area contributed by atoms with Crippen LogP contribution in [-0.4, -0.2) is 50.3 Å². The fraction of sp³-hybridized carbons (Fsp3) is 0.500. The summed E-state index contributed by atoms with van der Waals surface area (Å²) in [6, 6.07) is 12.7. The van der Waals surface area contributed by atoms with E-state index in [2.05, 4.69) is 59.7 Å². The summed E-state index contributed by atoms with van der Waals surface area (Å²) in [6.45, 7) is 11.7. The van der Waals surface area contributed by atoms with Crippen LogP contribution in [0.3, 0.4) is 0 Å². The van der Waals surface area contributed by atoms with E-state index in [1.165, 1.54) is 11.1 Å². The Morgan fingerprint density at radius 2 is 1.96 bits per heavy atom. The Hall–Kier alpha value is -2.31. The zero-order valence-electron chi connectivity index (χ0n) is 17.2. The average Bonchev–Trinajstić information content (AvgIpc) is 3.13. The zero-order chi connectivity index (χ0) is 19.8. The quantitative estimate of drug-likeness (QED) is 0.568. The molecule has 1 unspecified atom stereocenters. The van der Waals surface area contributed by atoms with Crippen LogP contribution < -0.4 is 10.6 Å². The van der Waals surface area contributed by atoms with Crippen LogP contribution in [0.4, 0.5) is 0 Å². The fourth-order valence-corrected chi connectivity index (χ4v) is 3.45. The van der Waals surface area contributed by atoms with Crippen LogP contribution in [0.15, 0.2) is 45.8 Å². The van der Waals surface area contributed by atoms with Gasteiger partial charge in [-0.2, -0.15) is 0 Å². The highest BCUT2D eigenvalue weighted by Crippen LogP contribution is 2.23. The van der Waals surface area contributed by atoms with Gasteiger partial charge in [0.25, 0.3) is 0 Å². The third kappa shape index (κ3) is 5.84. The van der Waals surface area contributed by atoms with Crippen molar-refractivity contribution in [2.24, 2.45) is 4.99 Å². The number of benzene rings is 1. The summed E-state index contributed by atoms with van der Waals surface area (Å²) in [4.78, 5) is 7.18. The molecule has 6 heteroatoms. The van der Waals surface area contributed by atoms with Crippen LogP contribution in [0.1, 0.15) is 35.6 Å². The summed E-state index contributed by atoms with van der Waals surface area (Å²) in [5, 5.41) is 6.85. The van der Waals surface area contributed by atoms with E-state index in [4.69, 9.17) is 14.1 Å². The Balaban J connectivity index is 1.68. The van der Waals surface area contributed by atoms with Crippen LogP contribution in [-0.2, 0) is 11.3 Å². The molecule has 1 aromatic carbocycles. The van der Waals surface area contributed by atoms with Crippen LogP contribution >= 0.6 is 0 Å². The van der Waals surface area contributed by atoms with E-state index < -0.39 is 0 Å². The van der Waals surface area contributed by atoms with E-state index in [0.717, 1.165) is 56.9 Å². The van der Waals surface area contributed by atoms with E-state index in [9.17, 15) is 0 Å². The SMILES string of the molecule is CCNC(=NCc1cccc(C)c1)NCC(c1ccc(C)o1)N1CCOCC1. The molecule has 1 aliphatic heterocycles. The Morgan fingerprint density at radius 1 is 1.14 bits per heavy atom. The van der Waals surface area contributed by atoms with Crippen molar-refractivity contribution in [3.63, 3.8) is 0 Å². The molecular weight excluding hydrogens is 352 g/mol. The first kappa shape index (κ1) is 20.4. The van der Waals surface area contributed by atoms with Gasteiger partial charge in [0, 0.05) is 26.2 Å². The van der Waals surface area contributed by atoms with Gasteiger partial charge in [0.2, 0.25) is 0 Å². The third-order valence-corrected chi connectivity index (χ3v) is 4.89. The number of hydrogen-bond acceptors (Lipinski definition) is 4. The van der Waals surface area contributed by atoms with Crippen molar-refractivity contribution in [3.05, 3.63) is 59.0 Å². The van der Waals surface area contributed by atoms with Crippen molar-refractivity contribution >= 4 is 5.96 Å². The Bertz CT molecular complexity index is 765. The molecule has 1 aliphatic rings. The van der Waals surface area contributed by atoms with Crippen molar-refractivity contribution in [2.45, 2.75) is 33.4 Å². The van der Waals surface area contributed by atoms with E-state index in [1.807, 2.05) is 13.0 Å². The van der Waals surface area contributed by atoms with Gasteiger partial charge in [0.15, 0.2) is 5.96 Å². The van der Waals surface area contributed by atoms with Gasteiger partial charge < -0.3 is 19.8 Å². The number of nitrogens with one attached hydrogen (secondary N) is 2. The lowest BCUT2D eigenvalue weighted by Crippen LogP contribution is -2.46. The summed E-state index contributed by atoms with van der Waals surface area (Å²) < 4.78 is 11.5. The lowest BCUT2D eigenvalue weighted by atomic mass is 10.1. The minimum atomic E-state index is 0.153. The maximum atomic E-state index is 5.95. The van der Waals surface area contributed by atoms with Gasteiger partial charge in [0.1, 0.15) is 11.5 Å². The minimum Gasteiger partial charge on any atom is -0.465 e. The first-order valence-corrected chi connectivity index (χ1v) is 10.1. The van der Waals surface area contributed by atoms with Gasteiger partial charge >= 0.3 is 0 Å². The standard InChI is InChI=1S/C22H32N4O2/c1-4-23-22(24-15-19-7-5-6-17(2)14-19)25-16-20(21-9-8-18(3)28-21)26-10-12-27-13-11-26/h5-9,14,20H,4,10-13,15-16H2,1-3H3,(H2,23,24,25). The second-order valence-corrected chi connectivity index (χ2v) is 7.18. The lowest BCUT2D eigenvalue weighted by molar-refractivity contribution is 0.0124. The van der Waals surface area contributed by atoms with E-state index >= 15 is 0 Å². The summed E-state index contributed by atoms with van der Waals surface area (Å²) >= 11 is 0. The molecule has 1 aromatic heterocycles. The van der Waals surface area contributed by atoms with Gasteiger partial charge in [-0.05, 0) is 38.5 Å². The second kappa shape index (κ2) is 10.3. The normalized spacial score (nSPS) is 16.8. The largest absolute Gasteiger partial charge is 0.465 e. The molecule has 2 aromatic rings. The van der Waals surface area contributed by atoms with Crippen molar-refractivity contribution in [1.29, 1.82) is 0 Å². The number of rotatable bonds is 7. The molecule has 3 rings (SSSR count). The predicted molar refractivity (Wildman–Crippen MR) is 113 cm³/mol. The third-order valence-electron chi connectivity index (χ3n) is 4.89. The lowest BCUT2D eigenvalue weighted by Gasteiger charge is -2.33. The van der Waals surface area contributed by atoms with Crippen LogP contribution in [0.5, 0.6) is 0 Å². The maximum Gasteiger partial charge on any atom is 0.191 e. The first-order valence-electron chi connectivity index (χ1n) is 10.1. The highest BCUT2D eigenvalue weighted by atomic mass is 16.5. The molecule has 0 bridgehead atoms. The molecule has 0 amide bonds. The predicted octanol–water partition coefficient (Wildman–Crippen LogP) is 3.03. The van der Waals surface area contributed by atoms with Gasteiger partial charge in [-0.3, -0.25) is 4.90 Å². The number of guanidine groups is 1. The zero-order valence-corrected chi connectivity index (χ0v) is 17.2. The van der Waals surface area contributed by atoms with E-state index in [-0.39, 0.29) is 6.04 Å². The highest BCUT2D eigenvalue weighted by molar-refractivity contribution is 5.79. The molecule has 1 saturated heterocycles. The van der Waals surface area contributed by atoms with Gasteiger partial charge in [-0.1, -0.05) is 29.8 Å². The van der Waals surface area contributed by atoms with Crippen molar-refractivity contribution in [3.8, 4) is 0 Å². The van der Waals surface area contributed by atoms with Crippen LogP contribution in [0.25, 0.3) is 0 Å². The highest BCUT2D eigenvalue weighted by Gasteiger charge is 2.25. The topological polar surface area (TPSA) is 62.0 Å². The molecule has 2 N–H and O–H groups in total. The van der Waals surface area contributed by atoms with Crippen LogP contribution in [0.2, 0.25) is 0 Å². The number of aliphatic imine (C=N–C) groups is 1. The maximum absolute atomic E-state index is 5.95. The number of furan rings is 1. The smallest absolute Gasteiger partial charge is 0.191 e. The Labute approximate surface area is 168 Å². The van der Waals surface area contributed by atoms with Crippen molar-refractivity contribution in [2.75, 3.05) is 39.4 Å². The number of hydrogen-bond donors (Lipinski definition) is 2. The number of nitrogens with zero attached hydrogens (tertiary/aromatic N) is 2. The molecule has 0 spiro atoms. The number of ether oxygens (including phenoxy) is 1. The van der Waals surface area contributed by atoms with Gasteiger partial charge in [-0.15, -0.1) is 0 Å². The average molecular weight is 385 g/mol. The second-order valence-electron chi connectivity index (χ2n) is 7.18. The molecule has 1 fully saturated rings. The molecule has 1 atom stereocenters. The molecule has 0 saturated carbocycles. The van der Waals surface area contributed by atoms with E-state index in [0.29, 0.717) is 6.54 Å². The molecule has 0 radical (unpaired) electrons. The van der Waals surface area contributed by atoms with Crippen molar-refractivity contribution in [1.82, 2.24) is 15.5 Å². The van der Waals surface area contributed by atoms with Gasteiger partial charge in [-0.25, -0.2) is 4.99 Å². The first-order chi connectivity index (χ1) is 13.7. The summed E-state index contributed by atoms with van der Waals surface area (Å²) in [7, 11) is 0. The summed E-state index contributed by atoms with van der Waals surface area (Å²) in [6.07, 6.45) is 0. The molecule has 2 heterocycles. The fourth-order valence-electron chi connectivity index (χ4n) is 3.45.